The first-order valence-corrected chi connectivity index (χ1v) is 9.15. The van der Waals surface area contributed by atoms with E-state index in [2.05, 4.69) is 5.10 Å². The molecule has 1 saturated carbocycles. The van der Waals surface area contributed by atoms with Crippen LogP contribution in [0.4, 0.5) is 13.2 Å². The molecule has 0 unspecified atom stereocenters. The number of ether oxygens (including phenoxy) is 1. The van der Waals surface area contributed by atoms with E-state index in [4.69, 9.17) is 15.4 Å². The van der Waals surface area contributed by atoms with Crippen LogP contribution in [0.2, 0.25) is 0 Å². The molecule has 1 aromatic rings. The SMILES string of the molecule is O=S(=O)(Cl)c1cn(C2CCCC2)nc1COCCC(F)(F)F. The Morgan fingerprint density at radius 2 is 2.00 bits per heavy atom. The topological polar surface area (TPSA) is 61.2 Å². The minimum Gasteiger partial charge on any atom is -0.375 e. The Bertz CT molecular complexity index is 610. The number of rotatable bonds is 6. The zero-order valence-electron chi connectivity index (χ0n) is 11.6. The normalized spacial score (nSPS) is 17.3. The summed E-state index contributed by atoms with van der Waals surface area (Å²) in [5.41, 5.74) is 0.0454. The van der Waals surface area contributed by atoms with Crippen LogP contribution in [0.3, 0.4) is 0 Å². The van der Waals surface area contributed by atoms with Gasteiger partial charge in [-0.2, -0.15) is 18.3 Å². The number of aromatic nitrogens is 2. The van der Waals surface area contributed by atoms with Gasteiger partial charge in [-0.25, -0.2) is 8.42 Å². The number of halogens is 4. The number of nitrogens with zero attached hydrogens (tertiary/aromatic N) is 2. The van der Waals surface area contributed by atoms with Gasteiger partial charge in [0.25, 0.3) is 9.05 Å². The van der Waals surface area contributed by atoms with Gasteiger partial charge in [-0.05, 0) is 12.8 Å². The van der Waals surface area contributed by atoms with Crippen LogP contribution >= 0.6 is 10.7 Å². The van der Waals surface area contributed by atoms with Gasteiger partial charge in [0.05, 0.1) is 25.7 Å². The van der Waals surface area contributed by atoms with Crippen molar-refractivity contribution < 1.29 is 26.3 Å². The van der Waals surface area contributed by atoms with Crippen molar-refractivity contribution >= 4 is 19.7 Å². The van der Waals surface area contributed by atoms with Crippen LogP contribution in [0.25, 0.3) is 0 Å². The van der Waals surface area contributed by atoms with Gasteiger partial charge in [-0.15, -0.1) is 0 Å². The third-order valence-corrected chi connectivity index (χ3v) is 4.87. The molecule has 0 atom stereocenters. The Morgan fingerprint density at radius 3 is 2.55 bits per heavy atom. The maximum atomic E-state index is 12.0. The highest BCUT2D eigenvalue weighted by Crippen LogP contribution is 2.31. The quantitative estimate of drug-likeness (QED) is 0.576. The molecule has 5 nitrogen and oxygen atoms in total. The van der Waals surface area contributed by atoms with E-state index in [1.165, 1.54) is 10.9 Å². The summed E-state index contributed by atoms with van der Waals surface area (Å²) in [6.45, 7) is -0.876. The van der Waals surface area contributed by atoms with E-state index in [1.54, 1.807) is 0 Å². The highest BCUT2D eigenvalue weighted by Gasteiger charge is 2.28. The van der Waals surface area contributed by atoms with Gasteiger partial charge in [0.2, 0.25) is 0 Å². The number of hydrogen-bond donors (Lipinski definition) is 0. The first-order valence-electron chi connectivity index (χ1n) is 6.84. The van der Waals surface area contributed by atoms with Gasteiger partial charge in [-0.1, -0.05) is 12.8 Å². The Labute approximate surface area is 130 Å². The third-order valence-electron chi connectivity index (χ3n) is 3.50. The summed E-state index contributed by atoms with van der Waals surface area (Å²) in [4.78, 5) is -0.201. The van der Waals surface area contributed by atoms with Crippen LogP contribution < -0.4 is 0 Å². The fourth-order valence-corrected chi connectivity index (χ4v) is 3.43. The van der Waals surface area contributed by atoms with Crippen LogP contribution in [-0.4, -0.2) is 31.0 Å². The summed E-state index contributed by atoms with van der Waals surface area (Å²) < 4.78 is 65.6. The zero-order chi connectivity index (χ0) is 16.4. The van der Waals surface area contributed by atoms with E-state index in [0.29, 0.717) is 0 Å². The molecule has 1 heterocycles. The molecule has 1 aliphatic carbocycles. The Balaban J connectivity index is 2.08. The lowest BCUT2D eigenvalue weighted by Gasteiger charge is -2.09. The molecular weight excluding hydrogens is 345 g/mol. The van der Waals surface area contributed by atoms with Crippen LogP contribution in [0.15, 0.2) is 11.1 Å². The highest BCUT2D eigenvalue weighted by molar-refractivity contribution is 8.13. The van der Waals surface area contributed by atoms with E-state index < -0.39 is 28.3 Å². The molecule has 1 aliphatic rings. The summed E-state index contributed by atoms with van der Waals surface area (Å²) in [7, 11) is 1.33. The lowest BCUT2D eigenvalue weighted by Crippen LogP contribution is -2.12. The fraction of sp³-hybridized carbons (Fsp3) is 0.750. The second-order valence-corrected chi connectivity index (χ2v) is 7.75. The van der Waals surface area contributed by atoms with E-state index in [1.807, 2.05) is 0 Å². The Morgan fingerprint density at radius 1 is 1.36 bits per heavy atom. The van der Waals surface area contributed by atoms with Crippen LogP contribution in [0.1, 0.15) is 43.8 Å². The van der Waals surface area contributed by atoms with Crippen molar-refractivity contribution in [3.63, 3.8) is 0 Å². The van der Waals surface area contributed by atoms with Crippen LogP contribution in [-0.2, 0) is 20.4 Å². The van der Waals surface area contributed by atoms with Crippen molar-refractivity contribution in [3.05, 3.63) is 11.9 Å². The molecule has 10 heteroatoms. The average molecular weight is 361 g/mol. The summed E-state index contributed by atoms with van der Waals surface area (Å²) in [6.07, 6.45) is -0.240. The van der Waals surface area contributed by atoms with Crippen LogP contribution in [0, 0.1) is 0 Å². The molecule has 0 bridgehead atoms. The van der Waals surface area contributed by atoms with Gasteiger partial charge >= 0.3 is 6.18 Å². The molecule has 2 rings (SSSR count). The molecule has 0 saturated heterocycles. The van der Waals surface area contributed by atoms with Crippen molar-refractivity contribution in [2.75, 3.05) is 6.61 Å². The molecule has 1 fully saturated rings. The minimum absolute atomic E-state index is 0.0454. The van der Waals surface area contributed by atoms with Crippen molar-refractivity contribution in [1.29, 1.82) is 0 Å². The standard InChI is InChI=1S/C12H16ClF3N2O3S/c13-22(19,20)11-7-18(9-3-1-2-4-9)17-10(11)8-21-6-5-12(14,15)16/h7,9H,1-6,8H2. The Hall–Kier alpha value is -0.800. The van der Waals surface area contributed by atoms with E-state index in [-0.39, 0.29) is 23.2 Å². The number of hydrogen-bond acceptors (Lipinski definition) is 4. The van der Waals surface area contributed by atoms with Gasteiger partial charge in [0.1, 0.15) is 10.6 Å². The predicted octanol–water partition coefficient (Wildman–Crippen LogP) is 3.39. The lowest BCUT2D eigenvalue weighted by atomic mass is 10.3. The molecule has 0 aromatic carbocycles. The molecular formula is C12H16ClF3N2O3S. The highest BCUT2D eigenvalue weighted by atomic mass is 35.7. The molecule has 1 aromatic heterocycles. The molecule has 126 valence electrons. The van der Waals surface area contributed by atoms with Crippen molar-refractivity contribution in [1.82, 2.24) is 9.78 Å². The number of alkyl halides is 3. The van der Waals surface area contributed by atoms with Crippen molar-refractivity contribution in [3.8, 4) is 0 Å². The average Bonchev–Trinajstić information content (AvgIpc) is 3.01. The molecule has 0 spiro atoms. The zero-order valence-corrected chi connectivity index (χ0v) is 13.2. The lowest BCUT2D eigenvalue weighted by molar-refractivity contribution is -0.146. The first kappa shape index (κ1) is 17.6. The van der Waals surface area contributed by atoms with E-state index >= 15 is 0 Å². The second kappa shape index (κ2) is 6.76. The second-order valence-electron chi connectivity index (χ2n) is 5.21. The smallest absolute Gasteiger partial charge is 0.375 e. The summed E-state index contributed by atoms with van der Waals surface area (Å²) >= 11 is 0. The predicted molar refractivity (Wildman–Crippen MR) is 73.1 cm³/mol. The Kier molecular flexibility index (Phi) is 5.39. The maximum absolute atomic E-state index is 12.0. The van der Waals surface area contributed by atoms with Crippen molar-refractivity contribution in [2.24, 2.45) is 0 Å². The summed E-state index contributed by atoms with van der Waals surface area (Å²) in [6, 6.07) is 0.0982. The molecule has 0 aliphatic heterocycles. The summed E-state index contributed by atoms with van der Waals surface area (Å²) in [5, 5.41) is 4.14. The third kappa shape index (κ3) is 4.85. The molecule has 0 radical (unpaired) electrons. The monoisotopic (exact) mass is 360 g/mol. The molecule has 0 N–H and O–H groups in total. The molecule has 0 amide bonds. The van der Waals surface area contributed by atoms with E-state index in [9.17, 15) is 21.6 Å². The van der Waals surface area contributed by atoms with Gasteiger partial charge in [0.15, 0.2) is 0 Å². The van der Waals surface area contributed by atoms with Gasteiger partial charge < -0.3 is 4.74 Å². The fourth-order valence-electron chi connectivity index (χ4n) is 2.43. The van der Waals surface area contributed by atoms with Crippen LogP contribution in [0.5, 0.6) is 0 Å². The minimum atomic E-state index is -4.31. The van der Waals surface area contributed by atoms with E-state index in [0.717, 1.165) is 25.7 Å². The maximum Gasteiger partial charge on any atom is 0.391 e. The van der Waals surface area contributed by atoms with Gasteiger partial charge in [-0.3, -0.25) is 4.68 Å². The molecule has 22 heavy (non-hydrogen) atoms. The summed E-state index contributed by atoms with van der Waals surface area (Å²) in [5.74, 6) is 0. The largest absolute Gasteiger partial charge is 0.391 e. The first-order chi connectivity index (χ1) is 10.2. The van der Waals surface area contributed by atoms with Crippen molar-refractivity contribution in [2.45, 2.75) is 55.8 Å². The van der Waals surface area contributed by atoms with Gasteiger partial charge in [0, 0.05) is 16.9 Å².